The van der Waals surface area contributed by atoms with Crippen molar-refractivity contribution in [2.24, 2.45) is 0 Å². The molecule has 0 aliphatic heterocycles. The van der Waals surface area contributed by atoms with E-state index in [-0.39, 0.29) is 5.69 Å². The van der Waals surface area contributed by atoms with Gasteiger partial charge < -0.3 is 5.32 Å². The summed E-state index contributed by atoms with van der Waals surface area (Å²) in [4.78, 5) is 28.7. The zero-order chi connectivity index (χ0) is 19.1. The topological polar surface area (TPSA) is 81.3 Å². The van der Waals surface area contributed by atoms with E-state index in [1.54, 1.807) is 18.2 Å². The first-order valence-electron chi connectivity index (χ1n) is 7.71. The van der Waals surface area contributed by atoms with Gasteiger partial charge >= 0.3 is 5.69 Å². The highest BCUT2D eigenvalue weighted by atomic mass is 35.5. The second-order valence-electron chi connectivity index (χ2n) is 5.71. The van der Waals surface area contributed by atoms with Gasteiger partial charge in [0.2, 0.25) is 5.91 Å². The number of rotatable bonds is 3. The summed E-state index contributed by atoms with van der Waals surface area (Å²) in [6.07, 6.45) is 1.29. The van der Waals surface area contributed by atoms with Crippen LogP contribution in [0.3, 0.4) is 0 Å². The molecule has 10 heteroatoms. The minimum absolute atomic E-state index is 0.194. The van der Waals surface area contributed by atoms with Crippen LogP contribution in [0.15, 0.2) is 47.5 Å². The molecule has 0 radical (unpaired) electrons. The number of carbonyl (C=O) groups excluding carboxylic acids is 1. The van der Waals surface area contributed by atoms with Crippen molar-refractivity contribution in [2.75, 3.05) is 5.32 Å². The van der Waals surface area contributed by atoms with Gasteiger partial charge in [0.05, 0.1) is 11.2 Å². The van der Waals surface area contributed by atoms with Crippen LogP contribution in [0, 0.1) is 11.6 Å². The standard InChI is InChI=1S/C17H10ClF2N5O2/c18-9-1-3-11-14(5-9)21-8-24-16(11)23-25(17(24)27)7-15(26)22-13-4-2-10(19)6-12(13)20/h1-6,8H,7H2,(H,22,26). The minimum Gasteiger partial charge on any atom is -0.322 e. The normalized spacial score (nSPS) is 11.2. The second kappa shape index (κ2) is 6.44. The van der Waals surface area contributed by atoms with Crippen molar-refractivity contribution in [2.45, 2.75) is 6.54 Å². The number of nitrogens with zero attached hydrogens (tertiary/aromatic N) is 4. The van der Waals surface area contributed by atoms with Gasteiger partial charge in [-0.05, 0) is 30.3 Å². The van der Waals surface area contributed by atoms with Gasteiger partial charge in [-0.1, -0.05) is 11.6 Å². The molecule has 0 unspecified atom stereocenters. The van der Waals surface area contributed by atoms with E-state index in [4.69, 9.17) is 11.6 Å². The highest BCUT2D eigenvalue weighted by Gasteiger charge is 2.15. The lowest BCUT2D eigenvalue weighted by Gasteiger charge is -2.05. The zero-order valence-electron chi connectivity index (χ0n) is 13.5. The lowest BCUT2D eigenvalue weighted by Crippen LogP contribution is -2.28. The van der Waals surface area contributed by atoms with Crippen LogP contribution in [0.25, 0.3) is 16.6 Å². The Balaban J connectivity index is 1.67. The molecule has 0 bridgehead atoms. The second-order valence-corrected chi connectivity index (χ2v) is 6.15. The van der Waals surface area contributed by atoms with Gasteiger partial charge in [-0.2, -0.15) is 0 Å². The Labute approximate surface area is 154 Å². The van der Waals surface area contributed by atoms with Gasteiger partial charge in [-0.15, -0.1) is 5.10 Å². The molecule has 0 saturated carbocycles. The van der Waals surface area contributed by atoms with Gasteiger partial charge in [-0.3, -0.25) is 4.79 Å². The van der Waals surface area contributed by atoms with Crippen molar-refractivity contribution in [3.8, 4) is 0 Å². The number of amides is 1. The van der Waals surface area contributed by atoms with E-state index in [1.807, 2.05) is 0 Å². The van der Waals surface area contributed by atoms with Crippen LogP contribution >= 0.6 is 11.6 Å². The molecule has 27 heavy (non-hydrogen) atoms. The van der Waals surface area contributed by atoms with E-state index in [2.05, 4.69) is 15.4 Å². The molecule has 0 saturated heterocycles. The average molecular weight is 390 g/mol. The molecule has 1 N–H and O–H groups in total. The summed E-state index contributed by atoms with van der Waals surface area (Å²) < 4.78 is 28.7. The van der Waals surface area contributed by atoms with Gasteiger partial charge in [0, 0.05) is 16.5 Å². The molecule has 4 aromatic rings. The number of nitrogens with one attached hydrogen (secondary N) is 1. The third kappa shape index (κ3) is 3.13. The van der Waals surface area contributed by atoms with E-state index >= 15 is 0 Å². The molecule has 136 valence electrons. The van der Waals surface area contributed by atoms with Gasteiger partial charge in [-0.25, -0.2) is 27.6 Å². The minimum atomic E-state index is -0.919. The van der Waals surface area contributed by atoms with E-state index in [1.165, 1.54) is 10.7 Å². The average Bonchev–Trinajstić information content (AvgIpc) is 2.93. The molecule has 0 aliphatic carbocycles. The Bertz CT molecular complexity index is 1270. The smallest absolute Gasteiger partial charge is 0.322 e. The molecule has 0 spiro atoms. The maximum absolute atomic E-state index is 13.6. The predicted molar refractivity (Wildman–Crippen MR) is 94.8 cm³/mol. The van der Waals surface area contributed by atoms with Crippen molar-refractivity contribution >= 4 is 39.7 Å². The molecule has 2 heterocycles. The molecule has 0 atom stereocenters. The molecule has 4 rings (SSSR count). The van der Waals surface area contributed by atoms with Crippen molar-refractivity contribution in [1.29, 1.82) is 0 Å². The first kappa shape index (κ1) is 17.1. The molecule has 0 fully saturated rings. The fourth-order valence-corrected chi connectivity index (χ4v) is 2.81. The van der Waals surface area contributed by atoms with Crippen molar-refractivity contribution < 1.29 is 13.6 Å². The Morgan fingerprint density at radius 3 is 2.78 bits per heavy atom. The van der Waals surface area contributed by atoms with E-state index in [0.717, 1.165) is 16.8 Å². The SMILES string of the molecule is O=C(Cn1nc2c3ccc(Cl)cc3ncn2c1=O)Nc1ccc(F)cc1F. The third-order valence-corrected chi connectivity index (χ3v) is 4.12. The monoisotopic (exact) mass is 389 g/mol. The predicted octanol–water partition coefficient (Wildman–Crippen LogP) is 2.61. The van der Waals surface area contributed by atoms with Gasteiger partial charge in [0.1, 0.15) is 24.5 Å². The zero-order valence-corrected chi connectivity index (χ0v) is 14.2. The Kier molecular flexibility index (Phi) is 4.08. The van der Waals surface area contributed by atoms with Crippen LogP contribution in [-0.4, -0.2) is 25.1 Å². The molecule has 0 aliphatic rings. The van der Waals surface area contributed by atoms with Crippen LogP contribution in [0.5, 0.6) is 0 Å². The number of fused-ring (bicyclic) bond motifs is 3. The Morgan fingerprint density at radius 1 is 1.19 bits per heavy atom. The molecule has 1 amide bonds. The summed E-state index contributed by atoms with van der Waals surface area (Å²) in [5, 5.41) is 7.51. The maximum atomic E-state index is 13.6. The highest BCUT2D eigenvalue weighted by molar-refractivity contribution is 6.31. The number of carbonyl (C=O) groups is 1. The summed E-state index contributed by atoms with van der Waals surface area (Å²) in [6, 6.07) is 7.69. The van der Waals surface area contributed by atoms with Crippen molar-refractivity contribution in [3.63, 3.8) is 0 Å². The number of hydrogen-bond donors (Lipinski definition) is 1. The molecular formula is C17H10ClF2N5O2. The lowest BCUT2D eigenvalue weighted by molar-refractivity contribution is -0.117. The summed E-state index contributed by atoms with van der Waals surface area (Å²) in [7, 11) is 0. The van der Waals surface area contributed by atoms with Crippen molar-refractivity contribution in [1.82, 2.24) is 19.2 Å². The summed E-state index contributed by atoms with van der Waals surface area (Å²) in [5.41, 5.74) is 0.0801. The van der Waals surface area contributed by atoms with Crippen LogP contribution in [0.2, 0.25) is 5.02 Å². The fraction of sp³-hybridized carbons (Fsp3) is 0.0588. The third-order valence-electron chi connectivity index (χ3n) is 3.88. The summed E-state index contributed by atoms with van der Waals surface area (Å²) in [5.74, 6) is -2.37. The molecule has 2 aromatic carbocycles. The van der Waals surface area contributed by atoms with E-state index in [9.17, 15) is 18.4 Å². The molecule has 7 nitrogen and oxygen atoms in total. The largest absolute Gasteiger partial charge is 0.352 e. The molecule has 2 aromatic heterocycles. The van der Waals surface area contributed by atoms with Crippen molar-refractivity contribution in [3.05, 3.63) is 69.9 Å². The molecular weight excluding hydrogens is 380 g/mol. The fourth-order valence-electron chi connectivity index (χ4n) is 2.65. The number of halogens is 3. The van der Waals surface area contributed by atoms with Crippen LogP contribution in [0.1, 0.15) is 0 Å². The summed E-state index contributed by atoms with van der Waals surface area (Å²) >= 11 is 5.93. The number of anilines is 1. The van der Waals surface area contributed by atoms with Crippen LogP contribution < -0.4 is 11.0 Å². The maximum Gasteiger partial charge on any atom is 0.352 e. The van der Waals surface area contributed by atoms with E-state index in [0.29, 0.717) is 27.6 Å². The summed E-state index contributed by atoms with van der Waals surface area (Å²) in [6.45, 7) is -0.452. The number of benzene rings is 2. The number of hydrogen-bond acceptors (Lipinski definition) is 4. The Morgan fingerprint density at radius 2 is 2.00 bits per heavy atom. The van der Waals surface area contributed by atoms with Crippen LogP contribution in [-0.2, 0) is 11.3 Å². The quantitative estimate of drug-likeness (QED) is 0.584. The lowest BCUT2D eigenvalue weighted by atomic mass is 10.2. The van der Waals surface area contributed by atoms with E-state index < -0.39 is 29.8 Å². The Hall–Kier alpha value is -3.33. The highest BCUT2D eigenvalue weighted by Crippen LogP contribution is 2.20. The number of aromatic nitrogens is 4. The van der Waals surface area contributed by atoms with Gasteiger partial charge in [0.15, 0.2) is 5.65 Å². The van der Waals surface area contributed by atoms with Gasteiger partial charge in [0.25, 0.3) is 0 Å². The first-order chi connectivity index (χ1) is 12.9. The first-order valence-corrected chi connectivity index (χ1v) is 8.08. The van der Waals surface area contributed by atoms with Crippen LogP contribution in [0.4, 0.5) is 14.5 Å².